The van der Waals surface area contributed by atoms with Gasteiger partial charge in [-0.2, -0.15) is 5.10 Å². The molecular formula is C12H19N5O. The van der Waals surface area contributed by atoms with Crippen molar-refractivity contribution in [2.24, 2.45) is 13.0 Å². The summed E-state index contributed by atoms with van der Waals surface area (Å²) in [6.07, 6.45) is 4.82. The summed E-state index contributed by atoms with van der Waals surface area (Å²) in [6.45, 7) is 5.06. The Hall–Kier alpha value is -1.69. The third kappa shape index (κ3) is 2.95. The van der Waals surface area contributed by atoms with E-state index in [0.29, 0.717) is 18.0 Å². The highest BCUT2D eigenvalue weighted by Crippen LogP contribution is 2.15. The minimum atomic E-state index is -0.638. The van der Waals surface area contributed by atoms with E-state index < -0.39 is 6.10 Å². The number of hydrogen-bond acceptors (Lipinski definition) is 4. The van der Waals surface area contributed by atoms with Gasteiger partial charge in [-0.1, -0.05) is 13.8 Å². The van der Waals surface area contributed by atoms with E-state index in [1.165, 1.54) is 6.33 Å². The second-order valence-electron chi connectivity index (χ2n) is 4.94. The molecule has 0 amide bonds. The quantitative estimate of drug-likeness (QED) is 0.856. The Morgan fingerprint density at radius 1 is 1.33 bits per heavy atom. The standard InChI is InChI=1S/C12H19N5O/c1-9(2)5-17-12(13-7-15-17)4-11(18)10-6-16(3)8-14-10/h6-9,11,18H,4-5H2,1-3H3. The van der Waals surface area contributed by atoms with Crippen LogP contribution in [0.1, 0.15) is 31.5 Å². The lowest BCUT2D eigenvalue weighted by atomic mass is 10.2. The number of aryl methyl sites for hydroxylation is 1. The monoisotopic (exact) mass is 249 g/mol. The van der Waals surface area contributed by atoms with E-state index in [4.69, 9.17) is 0 Å². The zero-order valence-electron chi connectivity index (χ0n) is 11.0. The van der Waals surface area contributed by atoms with E-state index in [0.717, 1.165) is 12.4 Å². The van der Waals surface area contributed by atoms with Crippen LogP contribution in [0.15, 0.2) is 18.9 Å². The summed E-state index contributed by atoms with van der Waals surface area (Å²) in [5.41, 5.74) is 0.664. The highest BCUT2D eigenvalue weighted by atomic mass is 16.3. The molecule has 1 N–H and O–H groups in total. The zero-order chi connectivity index (χ0) is 13.1. The first-order valence-electron chi connectivity index (χ1n) is 6.09. The van der Waals surface area contributed by atoms with Crippen molar-refractivity contribution in [2.45, 2.75) is 32.9 Å². The molecule has 0 aliphatic heterocycles. The molecule has 6 heteroatoms. The molecule has 6 nitrogen and oxygen atoms in total. The fourth-order valence-electron chi connectivity index (χ4n) is 1.83. The third-order valence-corrected chi connectivity index (χ3v) is 2.68. The summed E-state index contributed by atoms with van der Waals surface area (Å²) in [7, 11) is 1.88. The van der Waals surface area contributed by atoms with Crippen LogP contribution >= 0.6 is 0 Å². The van der Waals surface area contributed by atoms with Gasteiger partial charge < -0.3 is 9.67 Å². The van der Waals surface area contributed by atoms with Gasteiger partial charge >= 0.3 is 0 Å². The molecule has 0 radical (unpaired) electrons. The van der Waals surface area contributed by atoms with E-state index in [9.17, 15) is 5.11 Å². The van der Waals surface area contributed by atoms with Crippen LogP contribution in [-0.2, 0) is 20.0 Å². The van der Waals surface area contributed by atoms with E-state index in [1.54, 1.807) is 6.33 Å². The van der Waals surface area contributed by atoms with Gasteiger partial charge in [-0.3, -0.25) is 0 Å². The smallest absolute Gasteiger partial charge is 0.138 e. The summed E-state index contributed by atoms with van der Waals surface area (Å²) in [6, 6.07) is 0. The molecule has 0 aromatic carbocycles. The summed E-state index contributed by atoms with van der Waals surface area (Å²) in [5.74, 6) is 1.29. The Morgan fingerprint density at radius 3 is 2.72 bits per heavy atom. The Bertz CT molecular complexity index is 502. The van der Waals surface area contributed by atoms with Gasteiger partial charge in [0.15, 0.2) is 0 Å². The zero-order valence-corrected chi connectivity index (χ0v) is 11.0. The van der Waals surface area contributed by atoms with Crippen molar-refractivity contribution >= 4 is 0 Å². The second-order valence-corrected chi connectivity index (χ2v) is 4.94. The van der Waals surface area contributed by atoms with Gasteiger partial charge in [0.1, 0.15) is 18.3 Å². The molecular weight excluding hydrogens is 230 g/mol. The number of aromatic nitrogens is 5. The minimum Gasteiger partial charge on any atom is -0.386 e. The van der Waals surface area contributed by atoms with Crippen LogP contribution < -0.4 is 0 Å². The molecule has 0 bridgehead atoms. The van der Waals surface area contributed by atoms with Gasteiger partial charge in [0.2, 0.25) is 0 Å². The number of aliphatic hydroxyl groups is 1. The molecule has 0 saturated carbocycles. The second kappa shape index (κ2) is 5.30. The predicted octanol–water partition coefficient (Wildman–Crippen LogP) is 0.944. The summed E-state index contributed by atoms with van der Waals surface area (Å²) >= 11 is 0. The molecule has 18 heavy (non-hydrogen) atoms. The van der Waals surface area contributed by atoms with Crippen LogP contribution in [0.4, 0.5) is 0 Å². The van der Waals surface area contributed by atoms with Crippen LogP contribution in [0.3, 0.4) is 0 Å². The normalized spacial score (nSPS) is 13.2. The molecule has 2 aromatic rings. The highest BCUT2D eigenvalue weighted by molar-refractivity contribution is 5.04. The van der Waals surface area contributed by atoms with Crippen LogP contribution in [-0.4, -0.2) is 29.4 Å². The molecule has 0 saturated heterocycles. The fraction of sp³-hybridized carbons (Fsp3) is 0.583. The SMILES string of the molecule is CC(C)Cn1ncnc1CC(O)c1cn(C)cn1. The Balaban J connectivity index is 2.07. The van der Waals surface area contributed by atoms with Crippen LogP contribution in [0.2, 0.25) is 0 Å². The fourth-order valence-corrected chi connectivity index (χ4v) is 1.83. The predicted molar refractivity (Wildman–Crippen MR) is 66.7 cm³/mol. The summed E-state index contributed by atoms with van der Waals surface area (Å²) in [5, 5.41) is 14.3. The Labute approximate surface area is 106 Å². The molecule has 0 aliphatic carbocycles. The molecule has 1 unspecified atom stereocenters. The Morgan fingerprint density at radius 2 is 2.11 bits per heavy atom. The van der Waals surface area contributed by atoms with Crippen molar-refractivity contribution in [3.8, 4) is 0 Å². The number of rotatable bonds is 5. The van der Waals surface area contributed by atoms with E-state index in [2.05, 4.69) is 28.9 Å². The molecule has 1 atom stereocenters. The average molecular weight is 249 g/mol. The largest absolute Gasteiger partial charge is 0.386 e. The lowest BCUT2D eigenvalue weighted by Crippen LogP contribution is -2.13. The maximum absolute atomic E-state index is 10.1. The molecule has 0 spiro atoms. The summed E-state index contributed by atoms with van der Waals surface area (Å²) < 4.78 is 3.66. The molecule has 0 aliphatic rings. The Kier molecular flexibility index (Phi) is 3.76. The number of aliphatic hydroxyl groups excluding tert-OH is 1. The van der Waals surface area contributed by atoms with E-state index >= 15 is 0 Å². The van der Waals surface area contributed by atoms with Crippen molar-refractivity contribution in [1.29, 1.82) is 0 Å². The minimum absolute atomic E-state index is 0.434. The van der Waals surface area contributed by atoms with Gasteiger partial charge in [0, 0.05) is 26.2 Å². The first kappa shape index (κ1) is 12.8. The maximum atomic E-state index is 10.1. The van der Waals surface area contributed by atoms with Crippen molar-refractivity contribution < 1.29 is 5.11 Å². The molecule has 2 aromatic heterocycles. The van der Waals surface area contributed by atoms with Crippen LogP contribution in [0.5, 0.6) is 0 Å². The van der Waals surface area contributed by atoms with E-state index in [1.807, 2.05) is 22.5 Å². The molecule has 0 fully saturated rings. The van der Waals surface area contributed by atoms with Crippen LogP contribution in [0, 0.1) is 5.92 Å². The number of nitrogens with zero attached hydrogens (tertiary/aromatic N) is 5. The lowest BCUT2D eigenvalue weighted by Gasteiger charge is -2.10. The topological polar surface area (TPSA) is 68.8 Å². The van der Waals surface area contributed by atoms with Gasteiger partial charge in [0.25, 0.3) is 0 Å². The average Bonchev–Trinajstić information content (AvgIpc) is 2.88. The van der Waals surface area contributed by atoms with Crippen molar-refractivity contribution in [1.82, 2.24) is 24.3 Å². The number of imidazole rings is 1. The first-order valence-corrected chi connectivity index (χ1v) is 6.09. The van der Waals surface area contributed by atoms with Gasteiger partial charge in [0.05, 0.1) is 12.0 Å². The molecule has 2 rings (SSSR count). The molecule has 98 valence electrons. The molecule has 2 heterocycles. The van der Waals surface area contributed by atoms with Crippen LogP contribution in [0.25, 0.3) is 0 Å². The maximum Gasteiger partial charge on any atom is 0.138 e. The summed E-state index contributed by atoms with van der Waals surface area (Å²) in [4.78, 5) is 8.34. The highest BCUT2D eigenvalue weighted by Gasteiger charge is 2.15. The van der Waals surface area contributed by atoms with Gasteiger partial charge in [-0.25, -0.2) is 14.6 Å². The van der Waals surface area contributed by atoms with Gasteiger partial charge in [-0.05, 0) is 5.92 Å². The first-order chi connectivity index (χ1) is 8.56. The van der Waals surface area contributed by atoms with Crippen molar-refractivity contribution in [3.63, 3.8) is 0 Å². The van der Waals surface area contributed by atoms with Crippen molar-refractivity contribution in [2.75, 3.05) is 0 Å². The van der Waals surface area contributed by atoms with Gasteiger partial charge in [-0.15, -0.1) is 0 Å². The number of hydrogen-bond donors (Lipinski definition) is 1. The third-order valence-electron chi connectivity index (χ3n) is 2.68. The lowest BCUT2D eigenvalue weighted by molar-refractivity contribution is 0.169. The van der Waals surface area contributed by atoms with Crippen molar-refractivity contribution in [3.05, 3.63) is 30.4 Å². The van der Waals surface area contributed by atoms with E-state index in [-0.39, 0.29) is 0 Å².